The summed E-state index contributed by atoms with van der Waals surface area (Å²) in [5, 5.41) is 4.26. The van der Waals surface area contributed by atoms with Gasteiger partial charge in [0, 0.05) is 49.2 Å². The van der Waals surface area contributed by atoms with Gasteiger partial charge >= 0.3 is 6.03 Å². The van der Waals surface area contributed by atoms with Gasteiger partial charge in [0.25, 0.3) is 0 Å². The van der Waals surface area contributed by atoms with Crippen molar-refractivity contribution in [3.8, 4) is 11.5 Å². The molecule has 2 aliphatic heterocycles. The van der Waals surface area contributed by atoms with Gasteiger partial charge in [-0.2, -0.15) is 0 Å². The van der Waals surface area contributed by atoms with Crippen LogP contribution >= 0.6 is 11.6 Å². The maximum Gasteiger partial charge on any atom is 0.324 e. The Bertz CT molecular complexity index is 1410. The molecule has 0 bridgehead atoms. The molecule has 2 aliphatic rings. The minimum Gasteiger partial charge on any atom is -0.493 e. The van der Waals surface area contributed by atoms with Crippen LogP contribution in [0.5, 0.6) is 11.5 Å². The van der Waals surface area contributed by atoms with Crippen molar-refractivity contribution in [2.24, 2.45) is 0 Å². The highest BCUT2D eigenvalue weighted by molar-refractivity contribution is 6.35. The van der Waals surface area contributed by atoms with Crippen LogP contribution in [-0.4, -0.2) is 71.9 Å². The van der Waals surface area contributed by atoms with Crippen LogP contribution in [0.15, 0.2) is 36.7 Å². The Balaban J connectivity index is 1.32. The Kier molecular flexibility index (Phi) is 8.89. The molecule has 11 heteroatoms. The predicted octanol–water partition coefficient (Wildman–Crippen LogP) is 5.00. The highest BCUT2D eigenvalue weighted by Gasteiger charge is 2.35. The van der Waals surface area contributed by atoms with E-state index >= 15 is 0 Å². The van der Waals surface area contributed by atoms with Gasteiger partial charge in [-0.25, -0.2) is 9.78 Å². The summed E-state index contributed by atoms with van der Waals surface area (Å²) in [6.45, 7) is 7.40. The number of benzene rings is 1. The number of amides is 3. The Labute approximate surface area is 245 Å². The van der Waals surface area contributed by atoms with Crippen molar-refractivity contribution in [3.63, 3.8) is 0 Å². The van der Waals surface area contributed by atoms with Crippen LogP contribution in [0.3, 0.4) is 0 Å². The lowest BCUT2D eigenvalue weighted by molar-refractivity contribution is -0.131. The molecule has 0 aliphatic carbocycles. The number of urea groups is 1. The number of nitrogens with zero attached hydrogens (tertiary/aromatic N) is 4. The maximum absolute atomic E-state index is 13.7. The van der Waals surface area contributed by atoms with Gasteiger partial charge in [0.1, 0.15) is 12.2 Å². The first-order chi connectivity index (χ1) is 19.8. The quantitative estimate of drug-likeness (QED) is 0.301. The number of carbonyl (C=O) groups is 2. The van der Waals surface area contributed by atoms with Gasteiger partial charge in [0.2, 0.25) is 5.91 Å². The molecule has 10 nitrogen and oxygen atoms in total. The molecule has 3 amide bonds. The average Bonchev–Trinajstić information content (AvgIpc) is 3.26. The number of ether oxygens (including phenoxy) is 3. The molecule has 0 spiro atoms. The van der Waals surface area contributed by atoms with Gasteiger partial charge in [-0.05, 0) is 43.5 Å². The number of aromatic nitrogens is 2. The normalized spacial score (nSPS) is 16.5. The average molecular weight is 584 g/mol. The van der Waals surface area contributed by atoms with Crippen molar-refractivity contribution in [2.75, 3.05) is 44.9 Å². The van der Waals surface area contributed by atoms with Crippen molar-refractivity contribution in [1.29, 1.82) is 0 Å². The standard InChI is InChI=1S/C30H38ClN5O5/c1-4-5-6-14-41-25-15-22(8-9-24(25)39-3)36-13-7-12-34(29(36)38)16-21-10-11-32-28-27(21)23(31)17-35(28)18-26(37)33-30(2)19-40-20-30/h8-11,15,17H,4-7,12-14,16,18-20H2,1-3H3,(H,33,37). The summed E-state index contributed by atoms with van der Waals surface area (Å²) in [4.78, 5) is 34.5. The van der Waals surface area contributed by atoms with E-state index in [0.717, 1.165) is 42.3 Å². The number of methoxy groups -OCH3 is 1. The topological polar surface area (TPSA) is 98.2 Å². The summed E-state index contributed by atoms with van der Waals surface area (Å²) < 4.78 is 18.5. The Hall–Kier alpha value is -3.50. The van der Waals surface area contributed by atoms with E-state index in [9.17, 15) is 9.59 Å². The van der Waals surface area contributed by atoms with E-state index in [4.69, 9.17) is 25.8 Å². The highest BCUT2D eigenvalue weighted by atomic mass is 35.5. The van der Waals surface area contributed by atoms with E-state index in [1.807, 2.05) is 36.1 Å². The fraction of sp³-hybridized carbons (Fsp3) is 0.500. The zero-order valence-electron chi connectivity index (χ0n) is 24.0. The van der Waals surface area contributed by atoms with Gasteiger partial charge in [0.05, 0.1) is 37.5 Å². The van der Waals surface area contributed by atoms with E-state index in [-0.39, 0.29) is 24.0 Å². The molecule has 3 aromatic rings. The van der Waals surface area contributed by atoms with Crippen LogP contribution in [0, 0.1) is 0 Å². The van der Waals surface area contributed by atoms with Crippen LogP contribution in [0.4, 0.5) is 10.5 Å². The summed E-state index contributed by atoms with van der Waals surface area (Å²) in [5.41, 5.74) is 1.92. The van der Waals surface area contributed by atoms with Crippen molar-refractivity contribution in [1.82, 2.24) is 19.8 Å². The molecule has 2 fully saturated rings. The Morgan fingerprint density at radius 2 is 2.02 bits per heavy atom. The second-order valence-corrected chi connectivity index (χ2v) is 11.4. The Morgan fingerprint density at radius 1 is 1.20 bits per heavy atom. The smallest absolute Gasteiger partial charge is 0.324 e. The summed E-state index contributed by atoms with van der Waals surface area (Å²) in [5.74, 6) is 1.15. The Morgan fingerprint density at radius 3 is 2.76 bits per heavy atom. The summed E-state index contributed by atoms with van der Waals surface area (Å²) in [6, 6.07) is 7.42. The molecule has 0 atom stereocenters. The number of hydrogen-bond donors (Lipinski definition) is 1. The second kappa shape index (κ2) is 12.6. The first kappa shape index (κ1) is 29.0. The highest BCUT2D eigenvalue weighted by Crippen LogP contribution is 2.34. The molecule has 2 saturated heterocycles. The molecule has 1 N–H and O–H groups in total. The zero-order chi connectivity index (χ0) is 29.0. The summed E-state index contributed by atoms with van der Waals surface area (Å²) in [7, 11) is 1.62. The fourth-order valence-electron chi connectivity index (χ4n) is 5.35. The summed E-state index contributed by atoms with van der Waals surface area (Å²) >= 11 is 6.67. The first-order valence-corrected chi connectivity index (χ1v) is 14.6. The number of fused-ring (bicyclic) bond motifs is 1. The monoisotopic (exact) mass is 583 g/mol. The van der Waals surface area contributed by atoms with Gasteiger partial charge in [-0.15, -0.1) is 0 Å². The number of nitrogens with one attached hydrogen (secondary N) is 1. The number of carbonyl (C=O) groups excluding carboxylic acids is 2. The van der Waals surface area contributed by atoms with Gasteiger partial charge in [-0.1, -0.05) is 31.4 Å². The third-order valence-electron chi connectivity index (χ3n) is 7.53. The minimum absolute atomic E-state index is 0.0887. The molecule has 0 radical (unpaired) electrons. The number of pyridine rings is 1. The fourth-order valence-corrected chi connectivity index (χ4v) is 5.67. The predicted molar refractivity (Wildman–Crippen MR) is 158 cm³/mol. The van der Waals surface area contributed by atoms with E-state index in [0.29, 0.717) is 61.6 Å². The molecule has 5 rings (SSSR count). The molecule has 41 heavy (non-hydrogen) atoms. The SMILES string of the molecule is CCCCCOc1cc(N2CCCN(Cc3ccnc4c3c(Cl)cn4CC(=O)NC3(C)COC3)C2=O)ccc1OC. The molecule has 2 aromatic heterocycles. The molecule has 220 valence electrons. The third-order valence-corrected chi connectivity index (χ3v) is 7.82. The molecule has 4 heterocycles. The minimum atomic E-state index is -0.339. The van der Waals surface area contributed by atoms with Gasteiger partial charge < -0.3 is 29.0 Å². The number of anilines is 1. The number of halogens is 1. The van der Waals surface area contributed by atoms with Crippen molar-refractivity contribution in [3.05, 3.63) is 47.2 Å². The molecular weight excluding hydrogens is 546 g/mol. The second-order valence-electron chi connectivity index (χ2n) is 11.0. The van der Waals surface area contributed by atoms with Crippen LogP contribution in [0.25, 0.3) is 11.0 Å². The lowest BCUT2D eigenvalue weighted by atomic mass is 10.0. The molecular formula is C30H38ClN5O5. The van der Waals surface area contributed by atoms with Crippen LogP contribution < -0.4 is 19.7 Å². The number of rotatable bonds is 12. The van der Waals surface area contributed by atoms with Crippen molar-refractivity contribution in [2.45, 2.75) is 58.2 Å². The first-order valence-electron chi connectivity index (χ1n) is 14.2. The van der Waals surface area contributed by atoms with Crippen molar-refractivity contribution < 1.29 is 23.8 Å². The number of unbranched alkanes of at least 4 members (excludes halogenated alkanes) is 2. The van der Waals surface area contributed by atoms with E-state index < -0.39 is 0 Å². The summed E-state index contributed by atoms with van der Waals surface area (Å²) in [6.07, 6.45) is 7.41. The largest absolute Gasteiger partial charge is 0.493 e. The van der Waals surface area contributed by atoms with E-state index in [1.54, 1.807) is 29.0 Å². The molecule has 0 saturated carbocycles. The lowest BCUT2D eigenvalue weighted by Crippen LogP contribution is -2.60. The van der Waals surface area contributed by atoms with Gasteiger partial charge in [-0.3, -0.25) is 9.69 Å². The molecule has 1 aromatic carbocycles. The molecule has 0 unspecified atom stereocenters. The van der Waals surface area contributed by atoms with Gasteiger partial charge in [0.15, 0.2) is 11.5 Å². The zero-order valence-corrected chi connectivity index (χ0v) is 24.7. The lowest BCUT2D eigenvalue weighted by Gasteiger charge is -2.38. The van der Waals surface area contributed by atoms with Crippen LogP contribution in [0.1, 0.15) is 45.1 Å². The van der Waals surface area contributed by atoms with Crippen LogP contribution in [-0.2, 0) is 22.6 Å². The van der Waals surface area contributed by atoms with E-state index in [2.05, 4.69) is 17.2 Å². The third kappa shape index (κ3) is 6.38. The maximum atomic E-state index is 13.7. The van der Waals surface area contributed by atoms with Crippen molar-refractivity contribution >= 4 is 40.3 Å². The van der Waals surface area contributed by atoms with Crippen LogP contribution in [0.2, 0.25) is 5.02 Å². The number of hydrogen-bond acceptors (Lipinski definition) is 6. The van der Waals surface area contributed by atoms with E-state index in [1.165, 1.54) is 0 Å².